The van der Waals surface area contributed by atoms with Gasteiger partial charge in [0, 0.05) is 26.2 Å². The van der Waals surface area contributed by atoms with E-state index in [1.165, 1.54) is 6.20 Å². The molecular formula is C11H15N7O. The Balaban J connectivity index is 1.87. The van der Waals surface area contributed by atoms with Gasteiger partial charge in [-0.1, -0.05) is 0 Å². The number of nitrogen functional groups attached to an aromatic ring is 1. The number of hydrogen-bond donors (Lipinski definition) is 3. The maximum absolute atomic E-state index is 11.8. The third-order valence-electron chi connectivity index (χ3n) is 2.44. The first-order valence-electron chi connectivity index (χ1n) is 5.74. The Kier molecular flexibility index (Phi) is 4.04. The summed E-state index contributed by atoms with van der Waals surface area (Å²) in [5, 5.41) is 6.87. The van der Waals surface area contributed by atoms with E-state index < -0.39 is 0 Å². The first-order chi connectivity index (χ1) is 9.19. The average molecular weight is 261 g/mol. The van der Waals surface area contributed by atoms with Crippen LogP contribution >= 0.6 is 0 Å². The Morgan fingerprint density at radius 2 is 2.32 bits per heavy atom. The molecule has 2 rings (SSSR count). The van der Waals surface area contributed by atoms with Crippen LogP contribution in [-0.4, -0.2) is 32.2 Å². The Bertz CT molecular complexity index is 566. The van der Waals surface area contributed by atoms with Gasteiger partial charge in [0.05, 0.1) is 5.69 Å². The molecule has 0 bridgehead atoms. The summed E-state index contributed by atoms with van der Waals surface area (Å²) in [7, 11) is 1.80. The molecule has 19 heavy (non-hydrogen) atoms. The zero-order valence-corrected chi connectivity index (χ0v) is 10.5. The largest absolute Gasteiger partial charge is 0.350 e. The van der Waals surface area contributed by atoms with Crippen molar-refractivity contribution >= 4 is 11.6 Å². The first kappa shape index (κ1) is 13.0. The standard InChI is InChI=1S/C11H15N7O/c1-18-7-15-10(17-18)3-5-14-11(19)9-6-8(16-12)2-4-13-9/h2,4,6-7H,3,5,12H2,1H3,(H,13,16)(H,14,19). The van der Waals surface area contributed by atoms with Gasteiger partial charge in [-0.3, -0.25) is 20.3 Å². The summed E-state index contributed by atoms with van der Waals surface area (Å²) in [4.78, 5) is 19.9. The Morgan fingerprint density at radius 3 is 3.00 bits per heavy atom. The van der Waals surface area contributed by atoms with Crippen LogP contribution in [0.5, 0.6) is 0 Å². The molecular weight excluding hydrogens is 246 g/mol. The molecule has 0 aliphatic rings. The van der Waals surface area contributed by atoms with Crippen molar-refractivity contribution in [3.63, 3.8) is 0 Å². The van der Waals surface area contributed by atoms with E-state index in [2.05, 4.69) is 25.8 Å². The number of carbonyl (C=O) groups is 1. The average Bonchev–Trinajstić information content (AvgIpc) is 2.84. The van der Waals surface area contributed by atoms with E-state index in [0.29, 0.717) is 30.2 Å². The van der Waals surface area contributed by atoms with Gasteiger partial charge in [0.25, 0.3) is 5.91 Å². The molecule has 100 valence electrons. The van der Waals surface area contributed by atoms with Crippen LogP contribution in [0.25, 0.3) is 0 Å². The van der Waals surface area contributed by atoms with Gasteiger partial charge in [0.2, 0.25) is 0 Å². The van der Waals surface area contributed by atoms with Crippen LogP contribution in [0.15, 0.2) is 24.7 Å². The number of hydrogen-bond acceptors (Lipinski definition) is 6. The van der Waals surface area contributed by atoms with Gasteiger partial charge in [-0.05, 0) is 12.1 Å². The Hall–Kier alpha value is -2.48. The van der Waals surface area contributed by atoms with Crippen molar-refractivity contribution in [2.45, 2.75) is 6.42 Å². The molecule has 2 aromatic heterocycles. The minimum atomic E-state index is -0.256. The third kappa shape index (κ3) is 3.49. The molecule has 2 aromatic rings. The zero-order valence-electron chi connectivity index (χ0n) is 10.5. The predicted molar refractivity (Wildman–Crippen MR) is 69.1 cm³/mol. The fourth-order valence-corrected chi connectivity index (χ4v) is 1.52. The number of aromatic nitrogens is 4. The van der Waals surface area contributed by atoms with E-state index in [1.54, 1.807) is 30.2 Å². The van der Waals surface area contributed by atoms with Crippen LogP contribution in [0.3, 0.4) is 0 Å². The number of nitrogens with zero attached hydrogens (tertiary/aromatic N) is 4. The van der Waals surface area contributed by atoms with E-state index in [9.17, 15) is 4.79 Å². The summed E-state index contributed by atoms with van der Waals surface area (Å²) in [6.45, 7) is 0.449. The minimum absolute atomic E-state index is 0.256. The fourth-order valence-electron chi connectivity index (χ4n) is 1.52. The number of rotatable bonds is 5. The quantitative estimate of drug-likeness (QED) is 0.493. The molecule has 0 aliphatic heterocycles. The molecule has 8 nitrogen and oxygen atoms in total. The highest BCUT2D eigenvalue weighted by Gasteiger charge is 2.07. The van der Waals surface area contributed by atoms with E-state index in [1.807, 2.05) is 0 Å². The lowest BCUT2D eigenvalue weighted by Gasteiger charge is -2.04. The van der Waals surface area contributed by atoms with Crippen molar-refractivity contribution in [1.29, 1.82) is 0 Å². The molecule has 0 radical (unpaired) electrons. The molecule has 4 N–H and O–H groups in total. The van der Waals surface area contributed by atoms with Crippen molar-refractivity contribution in [3.8, 4) is 0 Å². The highest BCUT2D eigenvalue weighted by molar-refractivity contribution is 5.93. The van der Waals surface area contributed by atoms with Gasteiger partial charge in [-0.25, -0.2) is 4.98 Å². The molecule has 0 saturated heterocycles. The van der Waals surface area contributed by atoms with Crippen LogP contribution in [0.1, 0.15) is 16.3 Å². The van der Waals surface area contributed by atoms with Gasteiger partial charge in [-0.15, -0.1) is 0 Å². The molecule has 0 atom stereocenters. The number of amides is 1. The maximum Gasteiger partial charge on any atom is 0.269 e. The molecule has 0 unspecified atom stereocenters. The maximum atomic E-state index is 11.8. The number of carbonyl (C=O) groups excluding carboxylic acids is 1. The van der Waals surface area contributed by atoms with Gasteiger partial charge in [0.15, 0.2) is 5.82 Å². The van der Waals surface area contributed by atoms with Crippen molar-refractivity contribution < 1.29 is 4.79 Å². The van der Waals surface area contributed by atoms with Crippen LogP contribution in [0.4, 0.5) is 5.69 Å². The molecule has 2 heterocycles. The molecule has 0 aromatic carbocycles. The highest BCUT2D eigenvalue weighted by atomic mass is 16.1. The van der Waals surface area contributed by atoms with Gasteiger partial charge < -0.3 is 10.7 Å². The number of hydrazine groups is 1. The van der Waals surface area contributed by atoms with Crippen molar-refractivity contribution in [3.05, 3.63) is 36.2 Å². The topological polar surface area (TPSA) is 111 Å². The van der Waals surface area contributed by atoms with Gasteiger partial charge in [-0.2, -0.15) is 5.10 Å². The summed E-state index contributed by atoms with van der Waals surface area (Å²) in [6.07, 6.45) is 3.71. The summed E-state index contributed by atoms with van der Waals surface area (Å²) in [5.74, 6) is 5.70. The van der Waals surface area contributed by atoms with Crippen LogP contribution < -0.4 is 16.6 Å². The Labute approximate surface area is 110 Å². The van der Waals surface area contributed by atoms with Crippen LogP contribution in [0, 0.1) is 0 Å². The van der Waals surface area contributed by atoms with Crippen molar-refractivity contribution in [2.75, 3.05) is 12.0 Å². The van der Waals surface area contributed by atoms with Crippen molar-refractivity contribution in [2.24, 2.45) is 12.9 Å². The lowest BCUT2D eigenvalue weighted by molar-refractivity contribution is 0.0949. The van der Waals surface area contributed by atoms with Crippen LogP contribution in [-0.2, 0) is 13.5 Å². The minimum Gasteiger partial charge on any atom is -0.350 e. The summed E-state index contributed by atoms with van der Waals surface area (Å²) >= 11 is 0. The molecule has 8 heteroatoms. The molecule has 0 aliphatic carbocycles. The second-order valence-corrected chi connectivity index (χ2v) is 3.91. The summed E-state index contributed by atoms with van der Waals surface area (Å²) in [6, 6.07) is 3.25. The second-order valence-electron chi connectivity index (χ2n) is 3.91. The van der Waals surface area contributed by atoms with E-state index in [4.69, 9.17) is 5.84 Å². The smallest absolute Gasteiger partial charge is 0.269 e. The first-order valence-corrected chi connectivity index (χ1v) is 5.74. The number of nitrogens with one attached hydrogen (secondary N) is 2. The lowest BCUT2D eigenvalue weighted by atomic mass is 10.3. The number of pyridine rings is 1. The SMILES string of the molecule is Cn1cnc(CCNC(=O)c2cc(NN)ccn2)n1. The Morgan fingerprint density at radius 1 is 1.47 bits per heavy atom. The monoisotopic (exact) mass is 261 g/mol. The van der Waals surface area contributed by atoms with Crippen LogP contribution in [0.2, 0.25) is 0 Å². The zero-order chi connectivity index (χ0) is 13.7. The van der Waals surface area contributed by atoms with E-state index in [-0.39, 0.29) is 5.91 Å². The third-order valence-corrected chi connectivity index (χ3v) is 2.44. The molecule has 0 spiro atoms. The fraction of sp³-hybridized carbons (Fsp3) is 0.273. The highest BCUT2D eigenvalue weighted by Crippen LogP contribution is 2.05. The molecule has 0 saturated carbocycles. The summed E-state index contributed by atoms with van der Waals surface area (Å²) in [5.41, 5.74) is 3.40. The predicted octanol–water partition coefficient (Wildman–Crippen LogP) is -0.532. The van der Waals surface area contributed by atoms with E-state index in [0.717, 1.165) is 0 Å². The normalized spacial score (nSPS) is 10.2. The lowest BCUT2D eigenvalue weighted by Crippen LogP contribution is -2.27. The van der Waals surface area contributed by atoms with Gasteiger partial charge in [0.1, 0.15) is 12.0 Å². The van der Waals surface area contributed by atoms with E-state index >= 15 is 0 Å². The number of aryl methyl sites for hydroxylation is 1. The molecule has 1 amide bonds. The van der Waals surface area contributed by atoms with Gasteiger partial charge >= 0.3 is 0 Å². The molecule has 0 fully saturated rings. The number of anilines is 1. The van der Waals surface area contributed by atoms with Crippen molar-refractivity contribution in [1.82, 2.24) is 25.1 Å². The summed E-state index contributed by atoms with van der Waals surface area (Å²) < 4.78 is 1.62. The second kappa shape index (κ2) is 5.91. The number of nitrogens with two attached hydrogens (primary N) is 1.